The van der Waals surface area contributed by atoms with Crippen molar-refractivity contribution < 1.29 is 4.42 Å². The minimum absolute atomic E-state index is 0.127. The first-order valence-electron chi connectivity index (χ1n) is 7.49. The molecule has 7 nitrogen and oxygen atoms in total. The number of anilines is 1. The number of hydrogen-bond acceptors (Lipinski definition) is 6. The van der Waals surface area contributed by atoms with Crippen molar-refractivity contribution in [2.24, 2.45) is 0 Å². The molecular formula is C16H16N6O. The molecule has 4 aromatic rings. The van der Waals surface area contributed by atoms with Crippen LogP contribution in [0.1, 0.15) is 24.6 Å². The van der Waals surface area contributed by atoms with E-state index in [1.165, 1.54) is 0 Å². The third-order valence-electron chi connectivity index (χ3n) is 3.74. The Balaban J connectivity index is 1.51. The van der Waals surface area contributed by atoms with E-state index in [1.807, 2.05) is 43.3 Å². The molecule has 3 heterocycles. The molecule has 1 aromatic carbocycles. The molecule has 1 atom stereocenters. The SMILES string of the molecule is Cc1nnc2ccc(NC[C@H](C)c3nc4ccccc4o3)nn12. The van der Waals surface area contributed by atoms with Crippen LogP contribution in [0.3, 0.4) is 0 Å². The third kappa shape index (κ3) is 2.50. The van der Waals surface area contributed by atoms with Crippen molar-refractivity contribution in [2.75, 3.05) is 11.9 Å². The first-order valence-corrected chi connectivity index (χ1v) is 7.49. The Hall–Kier alpha value is -2.96. The Bertz CT molecular complexity index is 940. The van der Waals surface area contributed by atoms with E-state index in [0.717, 1.165) is 34.3 Å². The smallest absolute Gasteiger partial charge is 0.200 e. The normalized spacial score (nSPS) is 12.8. The van der Waals surface area contributed by atoms with Gasteiger partial charge in [0.15, 0.2) is 22.9 Å². The van der Waals surface area contributed by atoms with E-state index in [9.17, 15) is 0 Å². The average Bonchev–Trinajstić information content (AvgIpc) is 3.16. The van der Waals surface area contributed by atoms with Crippen molar-refractivity contribution in [3.63, 3.8) is 0 Å². The fourth-order valence-corrected chi connectivity index (χ4v) is 2.44. The zero-order valence-corrected chi connectivity index (χ0v) is 12.9. The Kier molecular flexibility index (Phi) is 3.18. The van der Waals surface area contributed by atoms with Crippen molar-refractivity contribution in [1.82, 2.24) is 24.8 Å². The van der Waals surface area contributed by atoms with Crippen LogP contribution in [0.25, 0.3) is 16.7 Å². The van der Waals surface area contributed by atoms with Gasteiger partial charge in [0.1, 0.15) is 11.3 Å². The van der Waals surface area contributed by atoms with Gasteiger partial charge in [-0.1, -0.05) is 19.1 Å². The summed E-state index contributed by atoms with van der Waals surface area (Å²) in [4.78, 5) is 4.53. The summed E-state index contributed by atoms with van der Waals surface area (Å²) in [6.07, 6.45) is 0. The standard InChI is InChI=1S/C16H16N6O/c1-10(16-18-12-5-3-4-6-13(12)23-16)9-17-14-7-8-15-20-19-11(2)22(15)21-14/h3-8,10H,9H2,1-2H3,(H,17,21)/t10-/m0/s1. The predicted octanol–water partition coefficient (Wildman–Crippen LogP) is 2.79. The molecule has 0 aliphatic heterocycles. The van der Waals surface area contributed by atoms with E-state index in [0.29, 0.717) is 6.54 Å². The molecule has 3 aromatic heterocycles. The highest BCUT2D eigenvalue weighted by Gasteiger charge is 2.13. The molecule has 116 valence electrons. The predicted molar refractivity (Wildman–Crippen MR) is 86.4 cm³/mol. The number of oxazole rings is 1. The summed E-state index contributed by atoms with van der Waals surface area (Å²) < 4.78 is 7.51. The molecule has 0 spiro atoms. The lowest BCUT2D eigenvalue weighted by Crippen LogP contribution is -2.12. The van der Waals surface area contributed by atoms with Gasteiger partial charge >= 0.3 is 0 Å². The highest BCUT2D eigenvalue weighted by Crippen LogP contribution is 2.21. The van der Waals surface area contributed by atoms with Gasteiger partial charge in [-0.25, -0.2) is 4.98 Å². The van der Waals surface area contributed by atoms with Crippen LogP contribution in [-0.4, -0.2) is 31.3 Å². The lowest BCUT2D eigenvalue weighted by atomic mass is 10.2. The van der Waals surface area contributed by atoms with Crippen LogP contribution < -0.4 is 5.32 Å². The van der Waals surface area contributed by atoms with Gasteiger partial charge in [0, 0.05) is 6.54 Å². The highest BCUT2D eigenvalue weighted by atomic mass is 16.3. The van der Waals surface area contributed by atoms with Crippen molar-refractivity contribution in [3.8, 4) is 0 Å². The molecular weight excluding hydrogens is 292 g/mol. The molecule has 0 amide bonds. The van der Waals surface area contributed by atoms with Gasteiger partial charge in [0.05, 0.1) is 5.92 Å². The number of aromatic nitrogens is 5. The molecule has 4 rings (SSSR count). The number of para-hydroxylation sites is 2. The Morgan fingerprint density at radius 2 is 2.04 bits per heavy atom. The van der Waals surface area contributed by atoms with Gasteiger partial charge in [-0.05, 0) is 31.2 Å². The lowest BCUT2D eigenvalue weighted by Gasteiger charge is -2.09. The average molecular weight is 308 g/mol. The number of benzene rings is 1. The summed E-state index contributed by atoms with van der Waals surface area (Å²) in [5.74, 6) is 2.38. The van der Waals surface area contributed by atoms with Gasteiger partial charge in [-0.15, -0.1) is 15.3 Å². The van der Waals surface area contributed by atoms with Gasteiger partial charge in [-0.3, -0.25) is 0 Å². The zero-order chi connectivity index (χ0) is 15.8. The second-order valence-electron chi connectivity index (χ2n) is 5.54. The molecule has 0 bridgehead atoms. The fourth-order valence-electron chi connectivity index (χ4n) is 2.44. The molecule has 7 heteroatoms. The Morgan fingerprint density at radius 1 is 1.17 bits per heavy atom. The maximum absolute atomic E-state index is 5.80. The number of aryl methyl sites for hydroxylation is 1. The quantitative estimate of drug-likeness (QED) is 0.624. The topological polar surface area (TPSA) is 81.1 Å². The summed E-state index contributed by atoms with van der Waals surface area (Å²) >= 11 is 0. The maximum Gasteiger partial charge on any atom is 0.200 e. The van der Waals surface area contributed by atoms with Crippen LogP contribution >= 0.6 is 0 Å². The Labute approximate surface area is 132 Å². The van der Waals surface area contributed by atoms with E-state index in [1.54, 1.807) is 4.52 Å². The van der Waals surface area contributed by atoms with Gasteiger partial charge < -0.3 is 9.73 Å². The van der Waals surface area contributed by atoms with Crippen molar-refractivity contribution >= 4 is 22.6 Å². The molecule has 23 heavy (non-hydrogen) atoms. The van der Waals surface area contributed by atoms with E-state index in [2.05, 4.69) is 32.5 Å². The second-order valence-corrected chi connectivity index (χ2v) is 5.54. The summed E-state index contributed by atoms with van der Waals surface area (Å²) in [6.45, 7) is 4.62. The molecule has 0 unspecified atom stereocenters. The third-order valence-corrected chi connectivity index (χ3v) is 3.74. The van der Waals surface area contributed by atoms with Crippen LogP contribution in [0.15, 0.2) is 40.8 Å². The van der Waals surface area contributed by atoms with Crippen LogP contribution in [0.5, 0.6) is 0 Å². The zero-order valence-electron chi connectivity index (χ0n) is 12.9. The molecule has 0 aliphatic carbocycles. The number of nitrogens with zero attached hydrogens (tertiary/aromatic N) is 5. The largest absolute Gasteiger partial charge is 0.440 e. The summed E-state index contributed by atoms with van der Waals surface area (Å²) in [7, 11) is 0. The first kappa shape index (κ1) is 13.7. The Morgan fingerprint density at radius 3 is 2.91 bits per heavy atom. The molecule has 0 saturated carbocycles. The molecule has 1 N–H and O–H groups in total. The molecule has 0 radical (unpaired) electrons. The summed E-state index contributed by atoms with van der Waals surface area (Å²) in [6, 6.07) is 11.6. The molecule has 0 aliphatic rings. The van der Waals surface area contributed by atoms with Crippen LogP contribution in [0.2, 0.25) is 0 Å². The van der Waals surface area contributed by atoms with E-state index in [-0.39, 0.29) is 5.92 Å². The fraction of sp³-hybridized carbons (Fsp3) is 0.250. The van der Waals surface area contributed by atoms with Crippen molar-refractivity contribution in [1.29, 1.82) is 0 Å². The summed E-state index contributed by atoms with van der Waals surface area (Å²) in [5, 5.41) is 15.8. The van der Waals surface area contributed by atoms with Crippen molar-refractivity contribution in [3.05, 3.63) is 48.1 Å². The summed E-state index contributed by atoms with van der Waals surface area (Å²) in [5.41, 5.74) is 2.43. The minimum Gasteiger partial charge on any atom is -0.440 e. The highest BCUT2D eigenvalue weighted by molar-refractivity contribution is 5.72. The van der Waals surface area contributed by atoms with Gasteiger partial charge in [-0.2, -0.15) is 4.52 Å². The maximum atomic E-state index is 5.80. The monoisotopic (exact) mass is 308 g/mol. The van der Waals surface area contributed by atoms with Crippen LogP contribution in [0.4, 0.5) is 5.82 Å². The molecule has 0 saturated heterocycles. The lowest BCUT2D eigenvalue weighted by molar-refractivity contribution is 0.494. The number of nitrogens with one attached hydrogen (secondary N) is 1. The van der Waals surface area contributed by atoms with E-state index >= 15 is 0 Å². The van der Waals surface area contributed by atoms with Gasteiger partial charge in [0.2, 0.25) is 0 Å². The minimum atomic E-state index is 0.127. The van der Waals surface area contributed by atoms with Crippen LogP contribution in [-0.2, 0) is 0 Å². The molecule has 0 fully saturated rings. The van der Waals surface area contributed by atoms with Crippen LogP contribution in [0, 0.1) is 6.92 Å². The van der Waals surface area contributed by atoms with Gasteiger partial charge in [0.25, 0.3) is 0 Å². The second kappa shape index (κ2) is 5.35. The van der Waals surface area contributed by atoms with E-state index in [4.69, 9.17) is 4.42 Å². The number of hydrogen-bond donors (Lipinski definition) is 1. The number of rotatable bonds is 4. The van der Waals surface area contributed by atoms with E-state index < -0.39 is 0 Å². The van der Waals surface area contributed by atoms with Crippen molar-refractivity contribution in [2.45, 2.75) is 19.8 Å². The first-order chi connectivity index (χ1) is 11.2. The number of fused-ring (bicyclic) bond motifs is 2.